The molecule has 1 aromatic heterocycles. The number of alkyl halides is 1. The van der Waals surface area contributed by atoms with E-state index in [1.165, 1.54) is 19.0 Å². The normalized spacial score (nSPS) is 10.9. The highest BCUT2D eigenvalue weighted by atomic mass is 35.5. The quantitative estimate of drug-likeness (QED) is 0.368. The van der Waals surface area contributed by atoms with Crippen LogP contribution in [0.15, 0.2) is 17.1 Å². The Morgan fingerprint density at radius 1 is 1.35 bits per heavy atom. The van der Waals surface area contributed by atoms with Crippen LogP contribution in [-0.2, 0) is 4.74 Å². The van der Waals surface area contributed by atoms with Crippen LogP contribution in [0.5, 0.6) is 0 Å². The highest BCUT2D eigenvalue weighted by Gasteiger charge is 2.23. The first-order valence-electron chi connectivity index (χ1n) is 6.50. The van der Waals surface area contributed by atoms with E-state index >= 15 is 0 Å². The molecule has 0 spiro atoms. The summed E-state index contributed by atoms with van der Waals surface area (Å²) in [5.74, 6) is -5.77. The van der Waals surface area contributed by atoms with E-state index in [-0.39, 0.29) is 12.6 Å². The zero-order valence-electron chi connectivity index (χ0n) is 12.2. The SMILES string of the molecule is CCOC(=O)c1cn(N(C)CCl)c2c(F)c(F)c(F)cc2c1=O. The second-order valence-electron chi connectivity index (χ2n) is 4.60. The molecule has 23 heavy (non-hydrogen) atoms. The summed E-state index contributed by atoms with van der Waals surface area (Å²) in [6.45, 7) is 1.55. The number of aromatic nitrogens is 1. The standard InChI is InChI=1S/C14H12ClF3N2O3/c1-3-23-14(22)8-5-20(19(2)6-15)12-7(13(8)21)4-9(16)10(17)11(12)18/h4-5H,3,6H2,1-2H3. The smallest absolute Gasteiger partial charge is 0.343 e. The van der Waals surface area contributed by atoms with Crippen LogP contribution in [0, 0.1) is 17.5 Å². The van der Waals surface area contributed by atoms with E-state index in [1.807, 2.05) is 0 Å². The number of hydrogen-bond donors (Lipinski definition) is 0. The molecule has 0 radical (unpaired) electrons. The first kappa shape index (κ1) is 17.1. The highest BCUT2D eigenvalue weighted by Crippen LogP contribution is 2.22. The highest BCUT2D eigenvalue weighted by molar-refractivity contribution is 6.18. The monoisotopic (exact) mass is 348 g/mol. The molecule has 124 valence electrons. The second kappa shape index (κ2) is 6.49. The number of ether oxygens (including phenoxy) is 1. The summed E-state index contributed by atoms with van der Waals surface area (Å²) in [5, 5.41) is 0.705. The van der Waals surface area contributed by atoms with Gasteiger partial charge in [0.2, 0.25) is 5.43 Å². The first-order chi connectivity index (χ1) is 10.8. The summed E-state index contributed by atoms with van der Waals surface area (Å²) in [5.41, 5.74) is -1.93. The van der Waals surface area contributed by atoms with Gasteiger partial charge in [0.05, 0.1) is 12.0 Å². The van der Waals surface area contributed by atoms with E-state index in [1.54, 1.807) is 0 Å². The number of benzene rings is 1. The molecule has 0 aliphatic carbocycles. The molecule has 0 amide bonds. The van der Waals surface area contributed by atoms with Crippen LogP contribution >= 0.6 is 11.6 Å². The van der Waals surface area contributed by atoms with Crippen molar-refractivity contribution in [1.82, 2.24) is 4.68 Å². The van der Waals surface area contributed by atoms with Crippen LogP contribution in [0.3, 0.4) is 0 Å². The van der Waals surface area contributed by atoms with Crippen molar-refractivity contribution in [2.75, 3.05) is 24.7 Å². The predicted molar refractivity (Wildman–Crippen MR) is 78.9 cm³/mol. The summed E-state index contributed by atoms with van der Waals surface area (Å²) < 4.78 is 46.8. The molecule has 9 heteroatoms. The van der Waals surface area contributed by atoms with Crippen molar-refractivity contribution < 1.29 is 22.7 Å². The number of carbonyl (C=O) groups excluding carboxylic acids is 1. The lowest BCUT2D eigenvalue weighted by Gasteiger charge is -2.23. The van der Waals surface area contributed by atoms with E-state index in [0.717, 1.165) is 10.9 Å². The van der Waals surface area contributed by atoms with Crippen LogP contribution in [0.25, 0.3) is 10.9 Å². The lowest BCUT2D eigenvalue weighted by Crippen LogP contribution is -2.33. The lowest BCUT2D eigenvalue weighted by molar-refractivity contribution is 0.0524. The van der Waals surface area contributed by atoms with Crippen LogP contribution in [0.1, 0.15) is 17.3 Å². The van der Waals surface area contributed by atoms with Crippen molar-refractivity contribution in [3.05, 3.63) is 45.5 Å². The van der Waals surface area contributed by atoms with Crippen LogP contribution in [-0.4, -0.2) is 30.3 Å². The van der Waals surface area contributed by atoms with Gasteiger partial charge in [-0.25, -0.2) is 18.0 Å². The largest absolute Gasteiger partial charge is 0.462 e. The Morgan fingerprint density at radius 2 is 2.00 bits per heavy atom. The maximum atomic E-state index is 14.1. The molecule has 1 heterocycles. The maximum absolute atomic E-state index is 14.1. The average molecular weight is 349 g/mol. The summed E-state index contributed by atoms with van der Waals surface area (Å²) in [6, 6.07) is 0.371. The van der Waals surface area contributed by atoms with Crippen molar-refractivity contribution in [3.8, 4) is 0 Å². The molecule has 1 aromatic carbocycles. The minimum Gasteiger partial charge on any atom is -0.462 e. The van der Waals surface area contributed by atoms with Gasteiger partial charge in [-0.3, -0.25) is 9.47 Å². The molecule has 2 rings (SSSR count). The van der Waals surface area contributed by atoms with Gasteiger partial charge in [0.1, 0.15) is 17.1 Å². The van der Waals surface area contributed by atoms with Crippen molar-refractivity contribution in [3.63, 3.8) is 0 Å². The fourth-order valence-corrected chi connectivity index (χ4v) is 2.17. The van der Waals surface area contributed by atoms with E-state index in [9.17, 15) is 22.8 Å². The number of halogens is 4. The predicted octanol–water partition coefficient (Wildman–Crippen LogP) is 2.36. The minimum atomic E-state index is -1.72. The Kier molecular flexibility index (Phi) is 4.84. The van der Waals surface area contributed by atoms with Crippen molar-refractivity contribution in [1.29, 1.82) is 0 Å². The number of nitrogens with zero attached hydrogens (tertiary/aromatic N) is 2. The second-order valence-corrected chi connectivity index (χ2v) is 4.84. The number of pyridine rings is 1. The van der Waals surface area contributed by atoms with Crippen molar-refractivity contribution >= 4 is 28.5 Å². The molecule has 0 saturated heterocycles. The topological polar surface area (TPSA) is 51.5 Å². The zero-order valence-corrected chi connectivity index (χ0v) is 13.0. The van der Waals surface area contributed by atoms with Gasteiger partial charge in [-0.1, -0.05) is 0 Å². The van der Waals surface area contributed by atoms with Gasteiger partial charge in [-0.15, -0.1) is 11.6 Å². The van der Waals surface area contributed by atoms with Gasteiger partial charge in [-0.05, 0) is 13.0 Å². The zero-order chi connectivity index (χ0) is 17.3. The molecular weight excluding hydrogens is 337 g/mol. The van der Waals surface area contributed by atoms with Gasteiger partial charge in [0, 0.05) is 13.2 Å². The minimum absolute atomic E-state index is 0.00773. The molecule has 0 fully saturated rings. The molecule has 0 atom stereocenters. The van der Waals surface area contributed by atoms with E-state index < -0.39 is 45.3 Å². The third-order valence-corrected chi connectivity index (χ3v) is 3.49. The number of hydrogen-bond acceptors (Lipinski definition) is 4. The van der Waals surface area contributed by atoms with E-state index in [2.05, 4.69) is 0 Å². The van der Waals surface area contributed by atoms with E-state index in [0.29, 0.717) is 6.07 Å². The Bertz CT molecular complexity index is 838. The summed E-state index contributed by atoms with van der Waals surface area (Å²) in [7, 11) is 1.41. The lowest BCUT2D eigenvalue weighted by atomic mass is 10.1. The average Bonchev–Trinajstić information content (AvgIpc) is 2.53. The van der Waals surface area contributed by atoms with Gasteiger partial charge in [0.25, 0.3) is 0 Å². The fourth-order valence-electron chi connectivity index (χ4n) is 2.05. The van der Waals surface area contributed by atoms with Crippen LogP contribution in [0.2, 0.25) is 0 Å². The molecule has 0 aliphatic rings. The van der Waals surface area contributed by atoms with Crippen molar-refractivity contribution in [2.45, 2.75) is 6.92 Å². The number of fused-ring (bicyclic) bond motifs is 1. The number of esters is 1. The van der Waals surface area contributed by atoms with Crippen LogP contribution < -0.4 is 10.4 Å². The summed E-state index contributed by atoms with van der Waals surface area (Å²) in [6.07, 6.45) is 0.978. The first-order valence-corrected chi connectivity index (χ1v) is 7.04. The van der Waals surface area contributed by atoms with Gasteiger partial charge in [0.15, 0.2) is 17.5 Å². The molecule has 0 saturated carbocycles. The molecule has 2 aromatic rings. The molecular formula is C14H12ClF3N2O3. The summed E-state index contributed by atoms with van der Waals surface area (Å²) in [4.78, 5) is 24.2. The molecule has 0 unspecified atom stereocenters. The Balaban J connectivity index is 2.95. The third kappa shape index (κ3) is 2.86. The van der Waals surface area contributed by atoms with Gasteiger partial charge < -0.3 is 9.75 Å². The third-order valence-electron chi connectivity index (χ3n) is 3.14. The van der Waals surface area contributed by atoms with Gasteiger partial charge >= 0.3 is 5.97 Å². The fraction of sp³-hybridized carbons (Fsp3) is 0.286. The Morgan fingerprint density at radius 3 is 2.57 bits per heavy atom. The molecule has 5 nitrogen and oxygen atoms in total. The molecule has 0 N–H and O–H groups in total. The Labute approximate surface area is 133 Å². The van der Waals surface area contributed by atoms with Crippen LogP contribution in [0.4, 0.5) is 13.2 Å². The molecule has 0 bridgehead atoms. The number of carbonyl (C=O) groups is 1. The van der Waals surface area contributed by atoms with Crippen molar-refractivity contribution in [2.24, 2.45) is 0 Å². The number of rotatable bonds is 4. The molecule has 0 aliphatic heterocycles. The Hall–Kier alpha value is -2.22. The summed E-state index contributed by atoms with van der Waals surface area (Å²) >= 11 is 5.66. The maximum Gasteiger partial charge on any atom is 0.343 e. The van der Waals surface area contributed by atoms with Gasteiger partial charge in [-0.2, -0.15) is 0 Å². The van der Waals surface area contributed by atoms with E-state index in [4.69, 9.17) is 16.3 Å².